The summed E-state index contributed by atoms with van der Waals surface area (Å²) in [4.78, 5) is 26.0. The predicted octanol–water partition coefficient (Wildman–Crippen LogP) is 3.78. The Hall–Kier alpha value is -1.00. The average molecular weight is 278 g/mol. The van der Waals surface area contributed by atoms with Crippen molar-refractivity contribution in [2.24, 2.45) is 0 Å². The highest BCUT2D eigenvalue weighted by molar-refractivity contribution is 8.08. The van der Waals surface area contributed by atoms with Gasteiger partial charge in [-0.05, 0) is 11.5 Å². The molecule has 1 aliphatic rings. The Kier molecular flexibility index (Phi) is 4.30. The maximum atomic E-state index is 12.4. The van der Waals surface area contributed by atoms with Crippen LogP contribution < -0.4 is 0 Å². The van der Waals surface area contributed by atoms with Crippen molar-refractivity contribution < 1.29 is 9.59 Å². The molecule has 0 N–H and O–H groups in total. The van der Waals surface area contributed by atoms with E-state index in [-0.39, 0.29) is 11.6 Å². The van der Waals surface area contributed by atoms with Crippen LogP contribution in [0.2, 0.25) is 0 Å². The molecule has 1 aliphatic carbocycles. The molecule has 1 aromatic carbocycles. The molecule has 0 atom stereocenters. The summed E-state index contributed by atoms with van der Waals surface area (Å²) in [7, 11) is 0. The molecule has 0 spiro atoms. The van der Waals surface area contributed by atoms with Crippen molar-refractivity contribution >= 4 is 35.1 Å². The second-order valence-electron chi connectivity index (χ2n) is 3.73. The Morgan fingerprint density at radius 1 is 0.833 bits per heavy atom. The van der Waals surface area contributed by atoms with Gasteiger partial charge in [-0.3, -0.25) is 9.59 Å². The average Bonchev–Trinajstić information content (AvgIpc) is 2.40. The monoisotopic (exact) mass is 278 g/mol. The number of fused-ring (bicyclic) bond motifs is 1. The van der Waals surface area contributed by atoms with Crippen LogP contribution in [-0.4, -0.2) is 23.1 Å². The van der Waals surface area contributed by atoms with Gasteiger partial charge < -0.3 is 0 Å². The maximum absolute atomic E-state index is 12.4. The zero-order valence-corrected chi connectivity index (χ0v) is 12.0. The van der Waals surface area contributed by atoms with Crippen LogP contribution in [-0.2, 0) is 0 Å². The van der Waals surface area contributed by atoms with Crippen molar-refractivity contribution in [3.05, 3.63) is 45.2 Å². The molecule has 0 bridgehead atoms. The molecule has 2 rings (SSSR count). The van der Waals surface area contributed by atoms with Crippen LogP contribution in [0.1, 0.15) is 34.6 Å². The van der Waals surface area contributed by atoms with Gasteiger partial charge in [0, 0.05) is 11.1 Å². The summed E-state index contributed by atoms with van der Waals surface area (Å²) in [5, 5.41) is 0. The third kappa shape index (κ3) is 2.27. The number of carbonyl (C=O) groups excluding carboxylic acids is 2. The molecule has 0 radical (unpaired) electrons. The number of hydrogen-bond acceptors (Lipinski definition) is 4. The van der Waals surface area contributed by atoms with Crippen molar-refractivity contribution in [2.75, 3.05) is 11.5 Å². The van der Waals surface area contributed by atoms with Gasteiger partial charge in [0.15, 0.2) is 0 Å². The lowest BCUT2D eigenvalue weighted by Crippen LogP contribution is -2.19. The molecule has 18 heavy (non-hydrogen) atoms. The summed E-state index contributed by atoms with van der Waals surface area (Å²) in [5.41, 5.74) is 1.08. The van der Waals surface area contributed by atoms with E-state index in [1.807, 2.05) is 13.8 Å². The number of Topliss-reactive ketones (excluding diaryl/α,β-unsaturated/α-hetero) is 2. The largest absolute Gasteiger partial charge is 0.288 e. The smallest absolute Gasteiger partial charge is 0.201 e. The quantitative estimate of drug-likeness (QED) is 0.839. The van der Waals surface area contributed by atoms with Gasteiger partial charge in [-0.25, -0.2) is 0 Å². The van der Waals surface area contributed by atoms with Crippen LogP contribution in [0.4, 0.5) is 0 Å². The number of benzene rings is 1. The van der Waals surface area contributed by atoms with Crippen molar-refractivity contribution in [1.29, 1.82) is 0 Å². The first kappa shape index (κ1) is 13.4. The minimum Gasteiger partial charge on any atom is -0.288 e. The zero-order valence-electron chi connectivity index (χ0n) is 10.4. The summed E-state index contributed by atoms with van der Waals surface area (Å²) < 4.78 is 0. The molecule has 0 saturated carbocycles. The predicted molar refractivity (Wildman–Crippen MR) is 78.4 cm³/mol. The second kappa shape index (κ2) is 5.76. The van der Waals surface area contributed by atoms with Crippen LogP contribution >= 0.6 is 23.5 Å². The van der Waals surface area contributed by atoms with Gasteiger partial charge >= 0.3 is 0 Å². The standard InChI is InChI=1S/C14H14O2S2/c1-3-17-13-11(15)9-7-5-6-8-10(9)12(16)14(13)18-4-2/h5-8H,3-4H2,1-2H3. The Morgan fingerprint density at radius 2 is 1.22 bits per heavy atom. The molecular formula is C14H14O2S2. The SMILES string of the molecule is CCSC1=C(SCC)C(=O)c2ccccc2C1=O. The third-order valence-corrected chi connectivity index (χ3v) is 4.68. The fourth-order valence-electron chi connectivity index (χ4n) is 1.88. The van der Waals surface area contributed by atoms with E-state index in [0.29, 0.717) is 20.9 Å². The zero-order chi connectivity index (χ0) is 13.1. The molecule has 1 aromatic rings. The minimum absolute atomic E-state index is 0.00648. The van der Waals surface area contributed by atoms with Crippen LogP contribution in [0.3, 0.4) is 0 Å². The number of carbonyl (C=O) groups is 2. The highest BCUT2D eigenvalue weighted by atomic mass is 32.2. The molecule has 0 aliphatic heterocycles. The lowest BCUT2D eigenvalue weighted by molar-refractivity contribution is 0.0988. The molecule has 4 heteroatoms. The van der Waals surface area contributed by atoms with Gasteiger partial charge in [0.2, 0.25) is 11.6 Å². The third-order valence-electron chi connectivity index (χ3n) is 2.61. The Balaban J connectivity index is 2.56. The summed E-state index contributed by atoms with van der Waals surface area (Å²) >= 11 is 2.93. The molecule has 0 fully saturated rings. The summed E-state index contributed by atoms with van der Waals surface area (Å²) in [6.07, 6.45) is 0. The molecule has 0 saturated heterocycles. The van der Waals surface area contributed by atoms with Crippen molar-refractivity contribution in [3.8, 4) is 0 Å². The number of allylic oxidation sites excluding steroid dienone is 2. The Bertz CT molecular complexity index is 485. The van der Waals surface area contributed by atoms with Crippen molar-refractivity contribution in [1.82, 2.24) is 0 Å². The molecule has 0 heterocycles. The minimum atomic E-state index is -0.00648. The van der Waals surface area contributed by atoms with Crippen LogP contribution in [0.15, 0.2) is 34.1 Å². The van der Waals surface area contributed by atoms with E-state index in [4.69, 9.17) is 0 Å². The highest BCUT2D eigenvalue weighted by Gasteiger charge is 2.31. The fraction of sp³-hybridized carbons (Fsp3) is 0.286. The normalized spacial score (nSPS) is 15.0. The first-order valence-electron chi connectivity index (χ1n) is 5.89. The van der Waals surface area contributed by atoms with E-state index in [1.165, 1.54) is 23.5 Å². The van der Waals surface area contributed by atoms with E-state index in [1.54, 1.807) is 24.3 Å². The number of thioether (sulfide) groups is 2. The first-order valence-corrected chi connectivity index (χ1v) is 7.86. The van der Waals surface area contributed by atoms with E-state index in [9.17, 15) is 9.59 Å². The van der Waals surface area contributed by atoms with Gasteiger partial charge in [-0.2, -0.15) is 0 Å². The van der Waals surface area contributed by atoms with E-state index in [0.717, 1.165) is 11.5 Å². The van der Waals surface area contributed by atoms with E-state index < -0.39 is 0 Å². The second-order valence-corrected chi connectivity index (χ2v) is 6.28. The molecule has 0 amide bonds. The van der Waals surface area contributed by atoms with Crippen molar-refractivity contribution in [2.45, 2.75) is 13.8 Å². The molecule has 0 unspecified atom stereocenters. The lowest BCUT2D eigenvalue weighted by atomic mass is 9.94. The lowest BCUT2D eigenvalue weighted by Gasteiger charge is -2.19. The molecule has 2 nitrogen and oxygen atoms in total. The number of hydrogen-bond donors (Lipinski definition) is 0. The van der Waals surface area contributed by atoms with Gasteiger partial charge in [0.1, 0.15) is 0 Å². The maximum Gasteiger partial charge on any atom is 0.201 e. The summed E-state index contributed by atoms with van der Waals surface area (Å²) in [6, 6.07) is 7.07. The fourth-order valence-corrected chi connectivity index (χ4v) is 3.74. The van der Waals surface area contributed by atoms with Gasteiger partial charge in [0.05, 0.1) is 9.81 Å². The van der Waals surface area contributed by atoms with Crippen molar-refractivity contribution in [3.63, 3.8) is 0 Å². The van der Waals surface area contributed by atoms with Gasteiger partial charge in [-0.1, -0.05) is 38.1 Å². The summed E-state index contributed by atoms with van der Waals surface area (Å²) in [6.45, 7) is 3.98. The Labute approximate surface area is 115 Å². The van der Waals surface area contributed by atoms with Crippen LogP contribution in [0.25, 0.3) is 0 Å². The number of ketones is 2. The number of rotatable bonds is 4. The van der Waals surface area contributed by atoms with Gasteiger partial charge in [-0.15, -0.1) is 23.5 Å². The topological polar surface area (TPSA) is 34.1 Å². The van der Waals surface area contributed by atoms with E-state index >= 15 is 0 Å². The molecule has 94 valence electrons. The molecular weight excluding hydrogens is 264 g/mol. The highest BCUT2D eigenvalue weighted by Crippen LogP contribution is 2.37. The van der Waals surface area contributed by atoms with Crippen LogP contribution in [0, 0.1) is 0 Å². The first-order chi connectivity index (χ1) is 8.70. The van der Waals surface area contributed by atoms with E-state index in [2.05, 4.69) is 0 Å². The summed E-state index contributed by atoms with van der Waals surface area (Å²) in [5.74, 6) is 1.58. The van der Waals surface area contributed by atoms with Crippen LogP contribution in [0.5, 0.6) is 0 Å². The Morgan fingerprint density at radius 3 is 1.56 bits per heavy atom. The molecule has 0 aromatic heterocycles. The van der Waals surface area contributed by atoms with Gasteiger partial charge in [0.25, 0.3) is 0 Å².